The number of pyridine rings is 1. The average Bonchev–Trinajstić information content (AvgIpc) is 2.45. The Hall–Kier alpha value is -2.07. The lowest BCUT2D eigenvalue weighted by Crippen LogP contribution is -2.19. The maximum absolute atomic E-state index is 5.71. The van der Waals surface area contributed by atoms with E-state index in [4.69, 9.17) is 10.5 Å². The number of anilines is 1. The van der Waals surface area contributed by atoms with Crippen molar-refractivity contribution in [3.63, 3.8) is 0 Å². The Morgan fingerprint density at radius 2 is 2.16 bits per heavy atom. The van der Waals surface area contributed by atoms with Gasteiger partial charge in [0, 0.05) is 12.2 Å². The molecule has 0 spiro atoms. The molecule has 1 aromatic heterocycles. The van der Waals surface area contributed by atoms with Crippen LogP contribution in [0.15, 0.2) is 42.6 Å². The molecule has 0 saturated carbocycles. The van der Waals surface area contributed by atoms with Crippen molar-refractivity contribution < 1.29 is 4.74 Å². The number of rotatable bonds is 5. The van der Waals surface area contributed by atoms with Crippen LogP contribution in [0.25, 0.3) is 0 Å². The summed E-state index contributed by atoms with van der Waals surface area (Å²) >= 11 is 0. The fourth-order valence-electron chi connectivity index (χ4n) is 2.10. The second-order valence-electron chi connectivity index (χ2n) is 4.41. The van der Waals surface area contributed by atoms with Gasteiger partial charge in [0.05, 0.1) is 7.11 Å². The SMILES string of the molecule is CNC(Cc1ccnc(N)c1)c1cccc(OC)c1. The van der Waals surface area contributed by atoms with Crippen LogP contribution in [0.1, 0.15) is 17.2 Å². The highest BCUT2D eigenvalue weighted by molar-refractivity contribution is 5.35. The van der Waals surface area contributed by atoms with Crippen LogP contribution in [-0.4, -0.2) is 19.1 Å². The highest BCUT2D eigenvalue weighted by Gasteiger charge is 2.11. The van der Waals surface area contributed by atoms with Crippen molar-refractivity contribution in [2.45, 2.75) is 12.5 Å². The molecule has 1 atom stereocenters. The molecule has 0 bridgehead atoms. The molecule has 0 amide bonds. The number of ether oxygens (including phenoxy) is 1. The molecule has 0 saturated heterocycles. The third-order valence-electron chi connectivity index (χ3n) is 3.13. The van der Waals surface area contributed by atoms with Crippen LogP contribution in [-0.2, 0) is 6.42 Å². The van der Waals surface area contributed by atoms with E-state index >= 15 is 0 Å². The summed E-state index contributed by atoms with van der Waals surface area (Å²) in [5.74, 6) is 1.42. The van der Waals surface area contributed by atoms with Gasteiger partial charge in [-0.2, -0.15) is 0 Å². The van der Waals surface area contributed by atoms with E-state index in [1.54, 1.807) is 13.3 Å². The summed E-state index contributed by atoms with van der Waals surface area (Å²) in [7, 11) is 3.63. The molecule has 100 valence electrons. The number of methoxy groups -OCH3 is 1. The normalized spacial score (nSPS) is 12.1. The molecule has 4 heteroatoms. The van der Waals surface area contributed by atoms with Gasteiger partial charge in [0.25, 0.3) is 0 Å². The first kappa shape index (κ1) is 13.4. The summed E-state index contributed by atoms with van der Waals surface area (Å²) in [6.45, 7) is 0. The number of nitrogens with zero attached hydrogens (tertiary/aromatic N) is 1. The Morgan fingerprint density at radius 3 is 2.84 bits per heavy atom. The largest absolute Gasteiger partial charge is 0.497 e. The van der Waals surface area contributed by atoms with Crippen molar-refractivity contribution >= 4 is 5.82 Å². The first-order valence-electron chi connectivity index (χ1n) is 6.24. The minimum absolute atomic E-state index is 0.219. The lowest BCUT2D eigenvalue weighted by Gasteiger charge is -2.17. The summed E-state index contributed by atoms with van der Waals surface area (Å²) < 4.78 is 5.26. The van der Waals surface area contributed by atoms with Crippen molar-refractivity contribution in [3.05, 3.63) is 53.7 Å². The standard InChI is InChI=1S/C15H19N3O/c1-17-14(8-11-6-7-18-15(16)9-11)12-4-3-5-13(10-12)19-2/h3-7,9-10,14,17H,8H2,1-2H3,(H2,16,18). The van der Waals surface area contributed by atoms with Crippen molar-refractivity contribution in [3.8, 4) is 5.75 Å². The Morgan fingerprint density at radius 1 is 1.32 bits per heavy atom. The number of hydrogen-bond acceptors (Lipinski definition) is 4. The molecule has 2 aromatic rings. The smallest absolute Gasteiger partial charge is 0.123 e. The Kier molecular flexibility index (Phi) is 4.36. The van der Waals surface area contributed by atoms with Crippen LogP contribution in [0, 0.1) is 0 Å². The summed E-state index contributed by atoms with van der Waals surface area (Å²) in [6.07, 6.45) is 2.60. The molecule has 2 rings (SSSR count). The van der Waals surface area contributed by atoms with E-state index < -0.39 is 0 Å². The van der Waals surface area contributed by atoms with Crippen molar-refractivity contribution in [2.75, 3.05) is 19.9 Å². The van der Waals surface area contributed by atoms with Crippen LogP contribution in [0.5, 0.6) is 5.75 Å². The van der Waals surface area contributed by atoms with Crippen LogP contribution in [0.2, 0.25) is 0 Å². The third kappa shape index (κ3) is 3.45. The molecule has 1 unspecified atom stereocenters. The zero-order chi connectivity index (χ0) is 13.7. The van der Waals surface area contributed by atoms with Gasteiger partial charge in [-0.1, -0.05) is 12.1 Å². The fraction of sp³-hybridized carbons (Fsp3) is 0.267. The van der Waals surface area contributed by atoms with E-state index in [9.17, 15) is 0 Å². The summed E-state index contributed by atoms with van der Waals surface area (Å²) in [4.78, 5) is 4.01. The maximum atomic E-state index is 5.71. The van der Waals surface area contributed by atoms with Gasteiger partial charge in [-0.3, -0.25) is 0 Å². The molecule has 1 aromatic carbocycles. The molecule has 3 N–H and O–H groups in total. The molecule has 0 aliphatic heterocycles. The molecule has 0 radical (unpaired) electrons. The van der Waals surface area contributed by atoms with Gasteiger partial charge in [-0.15, -0.1) is 0 Å². The first-order chi connectivity index (χ1) is 9.22. The van der Waals surface area contributed by atoms with E-state index in [0.29, 0.717) is 5.82 Å². The van der Waals surface area contributed by atoms with Gasteiger partial charge in [-0.05, 0) is 48.9 Å². The predicted molar refractivity (Wildman–Crippen MR) is 77.1 cm³/mol. The van der Waals surface area contributed by atoms with Gasteiger partial charge in [0.1, 0.15) is 11.6 Å². The maximum Gasteiger partial charge on any atom is 0.123 e. The average molecular weight is 257 g/mol. The number of likely N-dealkylation sites (N-methyl/N-ethyl adjacent to an activating group) is 1. The molecular formula is C15H19N3O. The zero-order valence-corrected chi connectivity index (χ0v) is 11.3. The van der Waals surface area contributed by atoms with Gasteiger partial charge >= 0.3 is 0 Å². The van der Waals surface area contributed by atoms with E-state index in [1.165, 1.54) is 5.56 Å². The molecule has 1 heterocycles. The van der Waals surface area contributed by atoms with Crippen molar-refractivity contribution in [1.29, 1.82) is 0 Å². The highest BCUT2D eigenvalue weighted by Crippen LogP contribution is 2.22. The molecular weight excluding hydrogens is 238 g/mol. The van der Waals surface area contributed by atoms with Gasteiger partial charge in [0.2, 0.25) is 0 Å². The number of hydrogen-bond donors (Lipinski definition) is 2. The molecule has 0 aliphatic rings. The quantitative estimate of drug-likeness (QED) is 0.862. The fourth-order valence-corrected chi connectivity index (χ4v) is 2.10. The molecule has 4 nitrogen and oxygen atoms in total. The van der Waals surface area contributed by atoms with Gasteiger partial charge in [-0.25, -0.2) is 4.98 Å². The Labute approximate surface area is 113 Å². The molecule has 0 fully saturated rings. The second kappa shape index (κ2) is 6.20. The van der Waals surface area contributed by atoms with E-state index in [1.807, 2.05) is 37.4 Å². The first-order valence-corrected chi connectivity index (χ1v) is 6.24. The highest BCUT2D eigenvalue weighted by atomic mass is 16.5. The lowest BCUT2D eigenvalue weighted by atomic mass is 9.99. The zero-order valence-electron chi connectivity index (χ0n) is 11.3. The number of benzene rings is 1. The second-order valence-corrected chi connectivity index (χ2v) is 4.41. The van der Waals surface area contributed by atoms with Crippen molar-refractivity contribution in [1.82, 2.24) is 10.3 Å². The van der Waals surface area contributed by atoms with Gasteiger partial charge in [0.15, 0.2) is 0 Å². The summed E-state index contributed by atoms with van der Waals surface area (Å²) in [6, 6.07) is 12.2. The number of nitrogens with two attached hydrogens (primary N) is 1. The Bertz CT molecular complexity index is 542. The summed E-state index contributed by atoms with van der Waals surface area (Å²) in [5.41, 5.74) is 8.06. The van der Waals surface area contributed by atoms with Crippen LogP contribution in [0.3, 0.4) is 0 Å². The molecule has 19 heavy (non-hydrogen) atoms. The third-order valence-corrected chi connectivity index (χ3v) is 3.13. The lowest BCUT2D eigenvalue weighted by molar-refractivity contribution is 0.413. The summed E-state index contributed by atoms with van der Waals surface area (Å²) in [5, 5.41) is 3.32. The van der Waals surface area contributed by atoms with E-state index in [-0.39, 0.29) is 6.04 Å². The number of nitrogen functional groups attached to an aromatic ring is 1. The van der Waals surface area contributed by atoms with Crippen LogP contribution >= 0.6 is 0 Å². The van der Waals surface area contributed by atoms with Gasteiger partial charge < -0.3 is 15.8 Å². The Balaban J connectivity index is 2.19. The predicted octanol–water partition coefficient (Wildman–Crippen LogP) is 2.18. The minimum atomic E-state index is 0.219. The van der Waals surface area contributed by atoms with Crippen LogP contribution in [0.4, 0.5) is 5.82 Å². The minimum Gasteiger partial charge on any atom is -0.497 e. The van der Waals surface area contributed by atoms with Crippen molar-refractivity contribution in [2.24, 2.45) is 0 Å². The monoisotopic (exact) mass is 257 g/mol. The number of aromatic nitrogens is 1. The number of nitrogens with one attached hydrogen (secondary N) is 1. The van der Waals surface area contributed by atoms with E-state index in [0.717, 1.165) is 17.7 Å². The van der Waals surface area contributed by atoms with E-state index in [2.05, 4.69) is 16.4 Å². The molecule has 0 aliphatic carbocycles. The van der Waals surface area contributed by atoms with Crippen LogP contribution < -0.4 is 15.8 Å². The topological polar surface area (TPSA) is 60.2 Å².